The van der Waals surface area contributed by atoms with Crippen molar-refractivity contribution in [1.29, 1.82) is 0 Å². The summed E-state index contributed by atoms with van der Waals surface area (Å²) < 4.78 is 0. The van der Waals surface area contributed by atoms with E-state index in [0.717, 1.165) is 0 Å². The Bertz CT molecular complexity index is 717. The van der Waals surface area contributed by atoms with Crippen molar-refractivity contribution in [3.8, 4) is 0 Å². The normalized spacial score (nSPS) is 10.2. The van der Waals surface area contributed by atoms with Crippen LogP contribution in [-0.2, 0) is 6.42 Å². The van der Waals surface area contributed by atoms with Gasteiger partial charge in [-0.25, -0.2) is 9.97 Å². The van der Waals surface area contributed by atoms with Crippen LogP contribution in [-0.4, -0.2) is 28.3 Å². The van der Waals surface area contributed by atoms with Crippen LogP contribution >= 0.6 is 11.6 Å². The van der Waals surface area contributed by atoms with Gasteiger partial charge in [-0.05, 0) is 25.1 Å². The highest BCUT2D eigenvalue weighted by Crippen LogP contribution is 2.21. The first-order valence-corrected chi connectivity index (χ1v) is 7.63. The number of aryl methyl sites for hydroxylation is 1. The summed E-state index contributed by atoms with van der Waals surface area (Å²) in [7, 11) is 0. The van der Waals surface area contributed by atoms with Crippen molar-refractivity contribution in [2.24, 2.45) is 0 Å². The van der Waals surface area contributed by atoms with Crippen LogP contribution in [0, 0.1) is 0 Å². The third-order valence-electron chi connectivity index (χ3n) is 3.09. The Kier molecular flexibility index (Phi) is 5.65. The Morgan fingerprint density at radius 3 is 2.43 bits per heavy atom. The van der Waals surface area contributed by atoms with Crippen LogP contribution in [0.1, 0.15) is 40.4 Å². The number of carbonyl (C=O) groups is 2. The largest absolute Gasteiger partial charge is 0.352 e. The molecule has 7 heteroatoms. The van der Waals surface area contributed by atoms with Crippen molar-refractivity contribution in [2.75, 3.05) is 11.9 Å². The number of anilines is 1. The highest BCUT2D eigenvalue weighted by Gasteiger charge is 2.13. The second-order valence-corrected chi connectivity index (χ2v) is 5.16. The first kappa shape index (κ1) is 16.9. The van der Waals surface area contributed by atoms with Gasteiger partial charge in [0.2, 0.25) is 0 Å². The zero-order valence-corrected chi connectivity index (χ0v) is 13.6. The van der Waals surface area contributed by atoms with Crippen LogP contribution in [0.2, 0.25) is 5.02 Å². The summed E-state index contributed by atoms with van der Waals surface area (Å²) in [5, 5.41) is 5.70. The molecule has 2 rings (SSSR count). The number of halogens is 1. The number of hydrogen-bond acceptors (Lipinski definition) is 4. The Labute approximate surface area is 139 Å². The molecule has 1 aromatic heterocycles. The molecular formula is C16H17ClN4O2. The third-order valence-corrected chi connectivity index (χ3v) is 3.42. The number of hydrogen-bond donors (Lipinski definition) is 2. The fourth-order valence-electron chi connectivity index (χ4n) is 1.89. The molecule has 1 heterocycles. The summed E-state index contributed by atoms with van der Waals surface area (Å²) in [5.41, 5.74) is 1.13. The maximum atomic E-state index is 12.2. The average Bonchev–Trinajstić information content (AvgIpc) is 2.56. The SMILES string of the molecule is CCNC(=O)c1cc(NC(=O)c2cnc(CC)nc2)ccc1Cl. The Morgan fingerprint density at radius 1 is 1.13 bits per heavy atom. The van der Waals surface area contributed by atoms with Gasteiger partial charge >= 0.3 is 0 Å². The Balaban J connectivity index is 2.17. The number of amides is 2. The molecule has 0 bridgehead atoms. The van der Waals surface area contributed by atoms with Gasteiger partial charge in [0.05, 0.1) is 16.1 Å². The molecule has 2 aromatic rings. The molecule has 23 heavy (non-hydrogen) atoms. The van der Waals surface area contributed by atoms with Gasteiger partial charge in [0, 0.05) is 31.0 Å². The standard InChI is InChI=1S/C16H17ClN4O2/c1-3-14-19-8-10(9-20-14)15(22)21-11-5-6-13(17)12(7-11)16(23)18-4-2/h5-9H,3-4H2,1-2H3,(H,18,23)(H,21,22). The molecule has 0 unspecified atom stereocenters. The van der Waals surface area contributed by atoms with E-state index in [-0.39, 0.29) is 11.8 Å². The minimum absolute atomic E-state index is 0.288. The number of nitrogens with one attached hydrogen (secondary N) is 2. The fourth-order valence-corrected chi connectivity index (χ4v) is 2.09. The summed E-state index contributed by atoms with van der Waals surface area (Å²) in [6, 6.07) is 4.73. The van der Waals surface area contributed by atoms with Gasteiger partial charge in [0.25, 0.3) is 11.8 Å². The Hall–Kier alpha value is -2.47. The molecule has 0 saturated carbocycles. The van der Waals surface area contributed by atoms with Crippen molar-refractivity contribution >= 4 is 29.1 Å². The van der Waals surface area contributed by atoms with Gasteiger partial charge in [0.1, 0.15) is 5.82 Å². The van der Waals surface area contributed by atoms with E-state index in [0.29, 0.717) is 40.6 Å². The molecule has 2 amide bonds. The molecule has 0 aliphatic heterocycles. The van der Waals surface area contributed by atoms with Crippen molar-refractivity contribution in [3.05, 3.63) is 52.6 Å². The molecule has 0 aliphatic rings. The van der Waals surface area contributed by atoms with E-state index in [1.807, 2.05) is 13.8 Å². The van der Waals surface area contributed by atoms with Crippen LogP contribution < -0.4 is 10.6 Å². The first-order chi connectivity index (χ1) is 11.0. The van der Waals surface area contributed by atoms with Gasteiger partial charge in [-0.15, -0.1) is 0 Å². The lowest BCUT2D eigenvalue weighted by Gasteiger charge is -2.09. The lowest BCUT2D eigenvalue weighted by Crippen LogP contribution is -2.23. The Morgan fingerprint density at radius 2 is 1.83 bits per heavy atom. The molecular weight excluding hydrogens is 316 g/mol. The second kappa shape index (κ2) is 7.69. The van der Waals surface area contributed by atoms with E-state index in [2.05, 4.69) is 20.6 Å². The molecule has 0 saturated heterocycles. The van der Waals surface area contributed by atoms with Gasteiger partial charge in [0.15, 0.2) is 0 Å². The predicted molar refractivity (Wildman–Crippen MR) is 88.8 cm³/mol. The van der Waals surface area contributed by atoms with Gasteiger partial charge < -0.3 is 10.6 Å². The van der Waals surface area contributed by atoms with Crippen molar-refractivity contribution in [1.82, 2.24) is 15.3 Å². The second-order valence-electron chi connectivity index (χ2n) is 4.75. The molecule has 2 N–H and O–H groups in total. The van der Waals surface area contributed by atoms with Crippen LogP contribution in [0.15, 0.2) is 30.6 Å². The van der Waals surface area contributed by atoms with Gasteiger partial charge in [-0.3, -0.25) is 9.59 Å². The van der Waals surface area contributed by atoms with E-state index >= 15 is 0 Å². The lowest BCUT2D eigenvalue weighted by atomic mass is 10.1. The van der Waals surface area contributed by atoms with Crippen LogP contribution in [0.5, 0.6) is 0 Å². The topological polar surface area (TPSA) is 84.0 Å². The smallest absolute Gasteiger partial charge is 0.258 e. The summed E-state index contributed by atoms with van der Waals surface area (Å²) in [6.45, 7) is 4.25. The zero-order chi connectivity index (χ0) is 16.8. The van der Waals surface area contributed by atoms with Gasteiger partial charge in [-0.2, -0.15) is 0 Å². The number of carbonyl (C=O) groups excluding carboxylic acids is 2. The number of aromatic nitrogens is 2. The van der Waals surface area contributed by atoms with E-state index in [4.69, 9.17) is 11.6 Å². The zero-order valence-electron chi connectivity index (χ0n) is 12.9. The molecule has 0 spiro atoms. The monoisotopic (exact) mass is 332 g/mol. The quantitative estimate of drug-likeness (QED) is 0.881. The highest BCUT2D eigenvalue weighted by molar-refractivity contribution is 6.34. The van der Waals surface area contributed by atoms with E-state index in [1.54, 1.807) is 12.1 Å². The number of benzene rings is 1. The van der Waals surface area contributed by atoms with Crippen molar-refractivity contribution in [2.45, 2.75) is 20.3 Å². The molecule has 6 nitrogen and oxygen atoms in total. The summed E-state index contributed by atoms with van der Waals surface area (Å²) in [4.78, 5) is 32.3. The summed E-state index contributed by atoms with van der Waals surface area (Å²) in [6.07, 6.45) is 3.65. The average molecular weight is 333 g/mol. The maximum absolute atomic E-state index is 12.2. The minimum atomic E-state index is -0.350. The molecule has 120 valence electrons. The molecule has 0 atom stereocenters. The first-order valence-electron chi connectivity index (χ1n) is 7.25. The number of rotatable bonds is 5. The molecule has 0 radical (unpaired) electrons. The maximum Gasteiger partial charge on any atom is 0.258 e. The van der Waals surface area contributed by atoms with E-state index < -0.39 is 0 Å². The molecule has 0 fully saturated rings. The van der Waals surface area contributed by atoms with Crippen LogP contribution in [0.4, 0.5) is 5.69 Å². The van der Waals surface area contributed by atoms with E-state index in [9.17, 15) is 9.59 Å². The summed E-state index contributed by atoms with van der Waals surface area (Å²) in [5.74, 6) is 0.0348. The molecule has 1 aromatic carbocycles. The summed E-state index contributed by atoms with van der Waals surface area (Å²) >= 11 is 6.02. The third kappa shape index (κ3) is 4.26. The van der Waals surface area contributed by atoms with Gasteiger partial charge in [-0.1, -0.05) is 18.5 Å². The fraction of sp³-hybridized carbons (Fsp3) is 0.250. The number of nitrogens with zero attached hydrogens (tertiary/aromatic N) is 2. The highest BCUT2D eigenvalue weighted by atomic mass is 35.5. The predicted octanol–water partition coefficient (Wildman–Crippen LogP) is 2.69. The van der Waals surface area contributed by atoms with Crippen LogP contribution in [0.3, 0.4) is 0 Å². The molecule has 0 aliphatic carbocycles. The lowest BCUT2D eigenvalue weighted by molar-refractivity contribution is 0.0954. The van der Waals surface area contributed by atoms with Crippen LogP contribution in [0.25, 0.3) is 0 Å². The van der Waals surface area contributed by atoms with E-state index in [1.165, 1.54) is 18.5 Å². The van der Waals surface area contributed by atoms with Crippen molar-refractivity contribution < 1.29 is 9.59 Å². The minimum Gasteiger partial charge on any atom is -0.352 e. The van der Waals surface area contributed by atoms with Crippen molar-refractivity contribution in [3.63, 3.8) is 0 Å².